The number of hydrogen-bond acceptors (Lipinski definition) is 4. The lowest BCUT2D eigenvalue weighted by atomic mass is 10.1. The van der Waals surface area contributed by atoms with Crippen molar-refractivity contribution in [2.24, 2.45) is 0 Å². The molecule has 0 spiro atoms. The molecular formula is C25H16BrCl2FN2O4. The zero-order valence-electron chi connectivity index (χ0n) is 18.1. The normalized spacial score (nSPS) is 14.9. The van der Waals surface area contributed by atoms with E-state index < -0.39 is 17.8 Å². The van der Waals surface area contributed by atoms with Crippen molar-refractivity contribution >= 4 is 68.7 Å². The van der Waals surface area contributed by atoms with Crippen LogP contribution < -0.4 is 15.0 Å². The number of amides is 4. The molecule has 0 aromatic heterocycles. The van der Waals surface area contributed by atoms with Crippen LogP contribution in [0, 0.1) is 12.7 Å². The lowest BCUT2D eigenvalue weighted by Gasteiger charge is -2.26. The molecule has 0 saturated carbocycles. The van der Waals surface area contributed by atoms with Crippen LogP contribution in [-0.2, 0) is 16.2 Å². The van der Waals surface area contributed by atoms with Gasteiger partial charge in [-0.2, -0.15) is 0 Å². The molecule has 4 rings (SSSR count). The molecule has 0 atom stereocenters. The zero-order chi connectivity index (χ0) is 25.3. The van der Waals surface area contributed by atoms with Crippen molar-refractivity contribution in [1.29, 1.82) is 0 Å². The maximum atomic E-state index is 13.1. The summed E-state index contributed by atoms with van der Waals surface area (Å²) < 4.78 is 19.6. The smallest absolute Gasteiger partial charge is 0.335 e. The van der Waals surface area contributed by atoms with E-state index in [0.717, 1.165) is 14.9 Å². The van der Waals surface area contributed by atoms with Crippen LogP contribution in [0.25, 0.3) is 6.08 Å². The molecule has 3 aromatic carbocycles. The first-order valence-electron chi connectivity index (χ1n) is 10.2. The van der Waals surface area contributed by atoms with E-state index in [-0.39, 0.29) is 33.8 Å². The molecule has 1 aliphatic heterocycles. The van der Waals surface area contributed by atoms with Crippen LogP contribution in [0.1, 0.15) is 16.7 Å². The molecule has 0 radical (unpaired) electrons. The molecule has 6 nitrogen and oxygen atoms in total. The Kier molecular flexibility index (Phi) is 7.25. The minimum Gasteiger partial charge on any atom is -0.486 e. The largest absolute Gasteiger partial charge is 0.486 e. The number of carbonyl (C=O) groups is 3. The van der Waals surface area contributed by atoms with E-state index in [2.05, 4.69) is 21.2 Å². The van der Waals surface area contributed by atoms with E-state index in [1.54, 1.807) is 30.3 Å². The Balaban J connectivity index is 1.61. The molecule has 1 heterocycles. The highest BCUT2D eigenvalue weighted by atomic mass is 79.9. The van der Waals surface area contributed by atoms with Gasteiger partial charge in [0, 0.05) is 4.47 Å². The van der Waals surface area contributed by atoms with Gasteiger partial charge in [0.2, 0.25) is 0 Å². The van der Waals surface area contributed by atoms with Crippen LogP contribution in [0.15, 0.2) is 64.6 Å². The number of carbonyl (C=O) groups excluding carboxylic acids is 3. The number of urea groups is 1. The molecule has 35 heavy (non-hydrogen) atoms. The van der Waals surface area contributed by atoms with Gasteiger partial charge in [-0.25, -0.2) is 14.1 Å². The molecule has 0 unspecified atom stereocenters. The van der Waals surface area contributed by atoms with E-state index in [1.165, 1.54) is 30.3 Å². The van der Waals surface area contributed by atoms with E-state index >= 15 is 0 Å². The fourth-order valence-electron chi connectivity index (χ4n) is 3.36. The number of nitrogens with zero attached hydrogens (tertiary/aromatic N) is 1. The summed E-state index contributed by atoms with van der Waals surface area (Å²) in [7, 11) is 0. The summed E-state index contributed by atoms with van der Waals surface area (Å²) in [6.07, 6.45) is 1.30. The monoisotopic (exact) mass is 576 g/mol. The average Bonchev–Trinajstić information content (AvgIpc) is 2.79. The van der Waals surface area contributed by atoms with E-state index in [1.807, 2.05) is 6.92 Å². The number of nitrogens with one attached hydrogen (secondary N) is 1. The number of rotatable bonds is 5. The predicted octanol–water partition coefficient (Wildman–Crippen LogP) is 6.45. The minimum absolute atomic E-state index is 0.102. The van der Waals surface area contributed by atoms with Gasteiger partial charge in [0.15, 0.2) is 5.75 Å². The standard InChI is InChI=1S/C25H16BrCl2FN2O4/c1-13-8-17(6-7-19(13)26)31-24(33)18(23(32)30-25(31)34)9-15-10-20(27)22(21(28)11-15)35-12-14-2-4-16(29)5-3-14/h2-11H,12H2,1H3,(H,30,32,34)/b18-9+. The van der Waals surface area contributed by atoms with Gasteiger partial charge >= 0.3 is 6.03 Å². The summed E-state index contributed by atoms with van der Waals surface area (Å²) in [5.41, 5.74) is 1.92. The Labute approximate surface area is 218 Å². The van der Waals surface area contributed by atoms with Crippen molar-refractivity contribution in [1.82, 2.24) is 5.32 Å². The highest BCUT2D eigenvalue weighted by molar-refractivity contribution is 9.10. The Morgan fingerprint density at radius 3 is 2.31 bits per heavy atom. The highest BCUT2D eigenvalue weighted by Gasteiger charge is 2.37. The van der Waals surface area contributed by atoms with Crippen LogP contribution >= 0.6 is 39.1 Å². The van der Waals surface area contributed by atoms with Crippen molar-refractivity contribution in [3.63, 3.8) is 0 Å². The second-order valence-electron chi connectivity index (χ2n) is 7.62. The third-order valence-electron chi connectivity index (χ3n) is 5.13. The van der Waals surface area contributed by atoms with Gasteiger partial charge in [-0.3, -0.25) is 14.9 Å². The van der Waals surface area contributed by atoms with E-state index in [4.69, 9.17) is 27.9 Å². The highest BCUT2D eigenvalue weighted by Crippen LogP contribution is 2.36. The third-order valence-corrected chi connectivity index (χ3v) is 6.58. The van der Waals surface area contributed by atoms with Crippen LogP contribution in [-0.4, -0.2) is 17.8 Å². The Morgan fingerprint density at radius 1 is 1.03 bits per heavy atom. The summed E-state index contributed by atoms with van der Waals surface area (Å²) >= 11 is 16.1. The van der Waals surface area contributed by atoms with Gasteiger partial charge in [-0.1, -0.05) is 51.3 Å². The zero-order valence-corrected chi connectivity index (χ0v) is 21.2. The quantitative estimate of drug-likeness (QED) is 0.279. The summed E-state index contributed by atoms with van der Waals surface area (Å²) in [4.78, 5) is 38.9. The Morgan fingerprint density at radius 2 is 1.69 bits per heavy atom. The first-order valence-corrected chi connectivity index (χ1v) is 11.7. The molecule has 0 bridgehead atoms. The summed E-state index contributed by atoms with van der Waals surface area (Å²) in [6.45, 7) is 1.91. The van der Waals surface area contributed by atoms with Crippen molar-refractivity contribution < 1.29 is 23.5 Å². The number of aryl methyl sites for hydroxylation is 1. The average molecular weight is 578 g/mol. The first kappa shape index (κ1) is 24.9. The van der Waals surface area contributed by atoms with Crippen LogP contribution in [0.2, 0.25) is 10.0 Å². The van der Waals surface area contributed by atoms with Crippen molar-refractivity contribution in [3.05, 3.63) is 97.2 Å². The molecule has 178 valence electrons. The first-order chi connectivity index (χ1) is 16.6. The second kappa shape index (κ2) is 10.2. The van der Waals surface area contributed by atoms with E-state index in [9.17, 15) is 18.8 Å². The topological polar surface area (TPSA) is 75.7 Å². The molecule has 1 fully saturated rings. The number of ether oxygens (including phenoxy) is 1. The number of hydrogen-bond donors (Lipinski definition) is 1. The molecule has 3 aromatic rings. The fourth-order valence-corrected chi connectivity index (χ4v) is 4.22. The van der Waals surface area contributed by atoms with Gasteiger partial charge in [0.25, 0.3) is 11.8 Å². The van der Waals surface area contributed by atoms with Gasteiger partial charge in [0.1, 0.15) is 18.0 Å². The van der Waals surface area contributed by atoms with Gasteiger partial charge in [-0.05, 0) is 72.2 Å². The fraction of sp³-hybridized carbons (Fsp3) is 0.0800. The number of anilines is 1. The van der Waals surface area contributed by atoms with Gasteiger partial charge in [-0.15, -0.1) is 0 Å². The van der Waals surface area contributed by atoms with Crippen LogP contribution in [0.3, 0.4) is 0 Å². The third kappa shape index (κ3) is 5.40. The Bertz CT molecular complexity index is 1370. The molecular weight excluding hydrogens is 562 g/mol. The summed E-state index contributed by atoms with van der Waals surface area (Å²) in [5, 5.41) is 2.47. The maximum absolute atomic E-state index is 13.1. The summed E-state index contributed by atoms with van der Waals surface area (Å²) in [6, 6.07) is 12.8. The molecule has 1 saturated heterocycles. The van der Waals surface area contributed by atoms with Crippen molar-refractivity contribution in [2.75, 3.05) is 4.90 Å². The maximum Gasteiger partial charge on any atom is 0.335 e. The molecule has 1 aliphatic rings. The van der Waals surface area contributed by atoms with E-state index in [0.29, 0.717) is 16.8 Å². The van der Waals surface area contributed by atoms with Gasteiger partial charge in [0.05, 0.1) is 15.7 Å². The number of benzene rings is 3. The summed E-state index contributed by atoms with van der Waals surface area (Å²) in [5.74, 6) is -1.79. The van der Waals surface area contributed by atoms with Crippen LogP contribution in [0.5, 0.6) is 5.75 Å². The minimum atomic E-state index is -0.848. The predicted molar refractivity (Wildman–Crippen MR) is 135 cm³/mol. The lowest BCUT2D eigenvalue weighted by Crippen LogP contribution is -2.54. The molecule has 10 heteroatoms. The second-order valence-corrected chi connectivity index (χ2v) is 9.29. The van der Waals surface area contributed by atoms with Crippen LogP contribution in [0.4, 0.5) is 14.9 Å². The molecule has 1 N–H and O–H groups in total. The number of imide groups is 2. The molecule has 0 aliphatic carbocycles. The Hall–Kier alpha value is -3.20. The van der Waals surface area contributed by atoms with Crippen molar-refractivity contribution in [2.45, 2.75) is 13.5 Å². The number of halogens is 4. The number of barbiturate groups is 1. The van der Waals surface area contributed by atoms with Gasteiger partial charge < -0.3 is 4.74 Å². The lowest BCUT2D eigenvalue weighted by molar-refractivity contribution is -0.122. The van der Waals surface area contributed by atoms with Crippen molar-refractivity contribution in [3.8, 4) is 5.75 Å². The molecule has 4 amide bonds. The SMILES string of the molecule is Cc1cc(N2C(=O)NC(=O)/C(=C\c3cc(Cl)c(OCc4ccc(F)cc4)c(Cl)c3)C2=O)ccc1Br.